The van der Waals surface area contributed by atoms with Crippen LogP contribution in [-0.2, 0) is 5.54 Å². The molecule has 2 N–H and O–H groups in total. The summed E-state index contributed by atoms with van der Waals surface area (Å²) in [6, 6.07) is 12.2. The van der Waals surface area contributed by atoms with Gasteiger partial charge in [0.25, 0.3) is 0 Å². The molecule has 0 saturated heterocycles. The molecule has 3 rings (SSSR count). The van der Waals surface area contributed by atoms with Gasteiger partial charge in [-0.15, -0.1) is 5.10 Å². The summed E-state index contributed by atoms with van der Waals surface area (Å²) < 4.78 is 2.84. The van der Waals surface area contributed by atoms with E-state index >= 15 is 0 Å². The number of rotatable bonds is 2. The van der Waals surface area contributed by atoms with Crippen molar-refractivity contribution in [3.05, 3.63) is 52.8 Å². The van der Waals surface area contributed by atoms with E-state index in [1.165, 1.54) is 0 Å². The average Bonchev–Trinajstić information content (AvgIpc) is 2.89. The third-order valence-corrected chi connectivity index (χ3v) is 3.94. The fraction of sp³-hybridized carbons (Fsp3) is 0.200. The molecule has 0 aliphatic rings. The number of nitrogens with two attached hydrogens (primary N) is 1. The minimum absolute atomic E-state index is 0.497. The summed E-state index contributed by atoms with van der Waals surface area (Å²) in [7, 11) is 0. The van der Waals surface area contributed by atoms with Gasteiger partial charge in [-0.05, 0) is 31.4 Å². The number of aromatic nitrogens is 3. The van der Waals surface area contributed by atoms with E-state index < -0.39 is 5.54 Å². The molecule has 4 nitrogen and oxygen atoms in total. The molecule has 3 aromatic rings. The summed E-state index contributed by atoms with van der Waals surface area (Å²) in [6.07, 6.45) is 1.88. The van der Waals surface area contributed by atoms with E-state index in [2.05, 4.69) is 38.4 Å². The second-order valence-corrected chi connectivity index (χ2v) is 6.24. The first-order valence-corrected chi connectivity index (χ1v) is 7.15. The molecule has 0 amide bonds. The molecule has 1 aromatic heterocycles. The van der Waals surface area contributed by atoms with Crippen LogP contribution in [0.25, 0.3) is 16.5 Å². The van der Waals surface area contributed by atoms with Gasteiger partial charge in [0.2, 0.25) is 0 Å². The summed E-state index contributed by atoms with van der Waals surface area (Å²) in [5.41, 5.74) is 7.33. The molecule has 0 bridgehead atoms. The third kappa shape index (κ3) is 2.23. The lowest BCUT2D eigenvalue weighted by atomic mass is 10.0. The Kier molecular flexibility index (Phi) is 3.11. The Morgan fingerprint density at radius 2 is 1.80 bits per heavy atom. The molecule has 5 heteroatoms. The van der Waals surface area contributed by atoms with Crippen molar-refractivity contribution in [2.24, 2.45) is 5.73 Å². The fourth-order valence-electron chi connectivity index (χ4n) is 2.12. The normalized spacial score (nSPS) is 12.0. The summed E-state index contributed by atoms with van der Waals surface area (Å²) >= 11 is 3.58. The van der Waals surface area contributed by atoms with Crippen LogP contribution in [0.4, 0.5) is 0 Å². The van der Waals surface area contributed by atoms with Gasteiger partial charge in [0.1, 0.15) is 5.69 Å². The van der Waals surface area contributed by atoms with Crippen LogP contribution in [0.5, 0.6) is 0 Å². The molecular formula is C15H15BrN4. The Balaban J connectivity index is 2.20. The maximum atomic E-state index is 6.06. The zero-order valence-corrected chi connectivity index (χ0v) is 12.9. The lowest BCUT2D eigenvalue weighted by molar-refractivity contribution is 0.533. The summed E-state index contributed by atoms with van der Waals surface area (Å²) in [5, 5.41) is 10.6. The monoisotopic (exact) mass is 330 g/mol. The maximum absolute atomic E-state index is 6.06. The highest BCUT2D eigenvalue weighted by molar-refractivity contribution is 9.10. The first-order chi connectivity index (χ1) is 9.47. The second kappa shape index (κ2) is 4.68. The first kappa shape index (κ1) is 13.3. The largest absolute Gasteiger partial charge is 0.320 e. The predicted octanol–water partition coefficient (Wildman–Crippen LogP) is 3.38. The van der Waals surface area contributed by atoms with Crippen LogP contribution in [0.1, 0.15) is 19.5 Å². The van der Waals surface area contributed by atoms with Crippen LogP contribution < -0.4 is 5.73 Å². The summed E-state index contributed by atoms with van der Waals surface area (Å²) in [4.78, 5) is 0. The molecule has 2 aromatic carbocycles. The van der Waals surface area contributed by atoms with Crippen molar-refractivity contribution in [3.63, 3.8) is 0 Å². The van der Waals surface area contributed by atoms with E-state index in [-0.39, 0.29) is 0 Å². The van der Waals surface area contributed by atoms with E-state index in [0.717, 1.165) is 26.6 Å². The van der Waals surface area contributed by atoms with Crippen molar-refractivity contribution in [1.29, 1.82) is 0 Å². The van der Waals surface area contributed by atoms with E-state index in [4.69, 9.17) is 5.73 Å². The smallest absolute Gasteiger partial charge is 0.102 e. The van der Waals surface area contributed by atoms with Crippen LogP contribution in [0.15, 0.2) is 47.1 Å². The number of hydrogen-bond acceptors (Lipinski definition) is 3. The summed E-state index contributed by atoms with van der Waals surface area (Å²) in [5.74, 6) is 0. The van der Waals surface area contributed by atoms with Gasteiger partial charge in [-0.2, -0.15) is 0 Å². The average molecular weight is 331 g/mol. The quantitative estimate of drug-likeness (QED) is 0.783. The van der Waals surface area contributed by atoms with Gasteiger partial charge in [0, 0.05) is 9.86 Å². The number of fused-ring (bicyclic) bond motifs is 1. The second-order valence-electron chi connectivity index (χ2n) is 5.38. The van der Waals surface area contributed by atoms with Gasteiger partial charge >= 0.3 is 0 Å². The zero-order chi connectivity index (χ0) is 14.3. The summed E-state index contributed by atoms with van der Waals surface area (Å²) in [6.45, 7) is 3.84. The standard InChI is InChI=1S/C15H15BrN4/c1-15(2,17)14-9-20(19-18-14)13-8-7-12(16)10-5-3-4-6-11(10)13/h3-9H,17H2,1-2H3. The number of hydrogen-bond donors (Lipinski definition) is 1. The topological polar surface area (TPSA) is 56.7 Å². The van der Waals surface area contributed by atoms with Gasteiger partial charge < -0.3 is 5.73 Å². The van der Waals surface area contributed by atoms with Crippen molar-refractivity contribution < 1.29 is 0 Å². The van der Waals surface area contributed by atoms with Crippen molar-refractivity contribution in [2.45, 2.75) is 19.4 Å². The SMILES string of the molecule is CC(C)(N)c1cn(-c2ccc(Br)c3ccccc23)nn1. The van der Waals surface area contributed by atoms with Crippen molar-refractivity contribution in [3.8, 4) is 5.69 Å². The molecule has 20 heavy (non-hydrogen) atoms. The molecular weight excluding hydrogens is 316 g/mol. The highest BCUT2D eigenvalue weighted by atomic mass is 79.9. The van der Waals surface area contributed by atoms with Crippen molar-refractivity contribution in [1.82, 2.24) is 15.0 Å². The van der Waals surface area contributed by atoms with E-state index in [1.54, 1.807) is 4.68 Å². The first-order valence-electron chi connectivity index (χ1n) is 6.36. The molecule has 0 aliphatic heterocycles. The van der Waals surface area contributed by atoms with E-state index in [0.29, 0.717) is 0 Å². The van der Waals surface area contributed by atoms with Crippen molar-refractivity contribution >= 4 is 26.7 Å². The van der Waals surface area contributed by atoms with Crippen molar-refractivity contribution in [2.75, 3.05) is 0 Å². The van der Waals surface area contributed by atoms with Crippen LogP contribution in [0.3, 0.4) is 0 Å². The van der Waals surface area contributed by atoms with Crippen LogP contribution in [-0.4, -0.2) is 15.0 Å². The highest BCUT2D eigenvalue weighted by Crippen LogP contribution is 2.29. The molecule has 0 unspecified atom stereocenters. The Morgan fingerprint density at radius 1 is 1.10 bits per heavy atom. The Morgan fingerprint density at radius 3 is 2.45 bits per heavy atom. The molecule has 0 spiro atoms. The van der Waals surface area contributed by atoms with Gasteiger partial charge in [-0.25, -0.2) is 4.68 Å². The molecule has 0 fully saturated rings. The number of nitrogens with zero attached hydrogens (tertiary/aromatic N) is 3. The van der Waals surface area contributed by atoms with Gasteiger partial charge in [-0.1, -0.05) is 45.4 Å². The van der Waals surface area contributed by atoms with E-state index in [1.807, 2.05) is 44.3 Å². The van der Waals surface area contributed by atoms with Crippen LogP contribution >= 0.6 is 15.9 Å². The molecule has 0 radical (unpaired) electrons. The van der Waals surface area contributed by atoms with E-state index in [9.17, 15) is 0 Å². The Hall–Kier alpha value is -1.72. The number of benzene rings is 2. The third-order valence-electron chi connectivity index (χ3n) is 3.25. The van der Waals surface area contributed by atoms with Crippen LogP contribution in [0, 0.1) is 0 Å². The minimum atomic E-state index is -0.497. The van der Waals surface area contributed by atoms with Gasteiger partial charge in [0.15, 0.2) is 0 Å². The van der Waals surface area contributed by atoms with Gasteiger partial charge in [0.05, 0.1) is 17.4 Å². The van der Waals surface area contributed by atoms with Gasteiger partial charge in [-0.3, -0.25) is 0 Å². The Labute approximate surface area is 125 Å². The minimum Gasteiger partial charge on any atom is -0.320 e. The molecule has 0 aliphatic carbocycles. The lowest BCUT2D eigenvalue weighted by Gasteiger charge is -2.13. The molecule has 0 atom stereocenters. The maximum Gasteiger partial charge on any atom is 0.102 e. The lowest BCUT2D eigenvalue weighted by Crippen LogP contribution is -2.29. The number of halogens is 1. The fourth-order valence-corrected chi connectivity index (χ4v) is 2.60. The molecule has 0 saturated carbocycles. The Bertz CT molecular complexity index is 771. The highest BCUT2D eigenvalue weighted by Gasteiger charge is 2.19. The predicted molar refractivity (Wildman–Crippen MR) is 83.8 cm³/mol. The molecule has 102 valence electrons. The molecule has 1 heterocycles. The zero-order valence-electron chi connectivity index (χ0n) is 11.3. The van der Waals surface area contributed by atoms with Crippen LogP contribution in [0.2, 0.25) is 0 Å².